The van der Waals surface area contributed by atoms with Crippen molar-refractivity contribution in [3.8, 4) is 0 Å². The maximum absolute atomic E-state index is 9.85. The van der Waals surface area contributed by atoms with E-state index < -0.39 is 5.60 Å². The summed E-state index contributed by atoms with van der Waals surface area (Å²) in [7, 11) is 0. The summed E-state index contributed by atoms with van der Waals surface area (Å²) < 4.78 is 0. The Bertz CT molecular complexity index is 357. The predicted octanol–water partition coefficient (Wildman–Crippen LogP) is 0.328. The maximum Gasteiger partial charge on any atom is 0.222 e. The van der Waals surface area contributed by atoms with Crippen molar-refractivity contribution in [1.82, 2.24) is 9.97 Å². The topological polar surface area (TPSA) is 75.3 Å². The highest BCUT2D eigenvalue weighted by Gasteiger charge is 2.32. The van der Waals surface area contributed by atoms with Crippen LogP contribution in [0.4, 0.5) is 11.8 Å². The molecule has 5 nitrogen and oxygen atoms in total. The zero-order chi connectivity index (χ0) is 11.1. The van der Waals surface area contributed by atoms with Gasteiger partial charge in [0.15, 0.2) is 0 Å². The molecule has 0 spiro atoms. The van der Waals surface area contributed by atoms with Crippen LogP contribution >= 0.6 is 0 Å². The third-order valence-electron chi connectivity index (χ3n) is 2.63. The lowest BCUT2D eigenvalue weighted by Gasteiger charge is -2.20. The van der Waals surface area contributed by atoms with E-state index in [9.17, 15) is 5.11 Å². The van der Waals surface area contributed by atoms with Crippen LogP contribution in [0.5, 0.6) is 0 Å². The highest BCUT2D eigenvalue weighted by molar-refractivity contribution is 5.44. The van der Waals surface area contributed by atoms with Crippen molar-refractivity contribution in [2.75, 3.05) is 23.7 Å². The maximum atomic E-state index is 9.85. The first-order chi connectivity index (χ1) is 6.96. The van der Waals surface area contributed by atoms with E-state index in [4.69, 9.17) is 5.73 Å². The van der Waals surface area contributed by atoms with Gasteiger partial charge in [-0.15, -0.1) is 0 Å². The summed E-state index contributed by atoms with van der Waals surface area (Å²) in [5, 5.41) is 9.85. The molecule has 0 bridgehead atoms. The summed E-state index contributed by atoms with van der Waals surface area (Å²) >= 11 is 0. The molecule has 0 radical (unpaired) electrons. The summed E-state index contributed by atoms with van der Waals surface area (Å²) in [5.74, 6) is 1.09. The van der Waals surface area contributed by atoms with Crippen LogP contribution in [-0.4, -0.2) is 33.8 Å². The minimum atomic E-state index is -0.617. The lowest BCUT2D eigenvalue weighted by Crippen LogP contribution is -2.30. The first-order valence-corrected chi connectivity index (χ1v) is 5.05. The van der Waals surface area contributed by atoms with Crippen molar-refractivity contribution in [1.29, 1.82) is 0 Å². The van der Waals surface area contributed by atoms with E-state index in [-0.39, 0.29) is 5.95 Å². The zero-order valence-electron chi connectivity index (χ0n) is 9.06. The number of β-amino-alcohol motifs (C(OH)–C–C–N with tert-alkyl or cyclic N) is 1. The lowest BCUT2D eigenvalue weighted by atomic mass is 10.1. The molecule has 0 aromatic carbocycles. The summed E-state index contributed by atoms with van der Waals surface area (Å²) in [6, 6.07) is 1.89. The van der Waals surface area contributed by atoms with Crippen LogP contribution < -0.4 is 10.6 Å². The zero-order valence-corrected chi connectivity index (χ0v) is 9.06. The normalized spacial score (nSPS) is 25.9. The molecule has 1 aliphatic heterocycles. The molecule has 5 heteroatoms. The number of rotatable bonds is 1. The third-order valence-corrected chi connectivity index (χ3v) is 2.63. The van der Waals surface area contributed by atoms with Gasteiger partial charge < -0.3 is 15.7 Å². The molecule has 2 rings (SSSR count). The molecule has 1 fully saturated rings. The van der Waals surface area contributed by atoms with E-state index in [1.165, 1.54) is 0 Å². The minimum absolute atomic E-state index is 0.288. The van der Waals surface area contributed by atoms with Gasteiger partial charge in [-0.1, -0.05) is 0 Å². The number of nitrogens with two attached hydrogens (primary N) is 1. The molecule has 0 saturated carbocycles. The molecule has 3 N–H and O–H groups in total. The Morgan fingerprint density at radius 1 is 1.53 bits per heavy atom. The molecule has 0 aliphatic carbocycles. The van der Waals surface area contributed by atoms with E-state index >= 15 is 0 Å². The van der Waals surface area contributed by atoms with Gasteiger partial charge in [0.1, 0.15) is 5.82 Å². The molecule has 1 saturated heterocycles. The highest BCUT2D eigenvalue weighted by atomic mass is 16.3. The molecule has 0 amide bonds. The predicted molar refractivity (Wildman–Crippen MR) is 58.6 cm³/mol. The van der Waals surface area contributed by atoms with Gasteiger partial charge in [0.2, 0.25) is 5.95 Å². The van der Waals surface area contributed by atoms with Crippen LogP contribution in [0.25, 0.3) is 0 Å². The van der Waals surface area contributed by atoms with Gasteiger partial charge in [0.05, 0.1) is 5.60 Å². The van der Waals surface area contributed by atoms with E-state index in [1.54, 1.807) is 0 Å². The van der Waals surface area contributed by atoms with E-state index in [1.807, 2.05) is 24.8 Å². The molecule has 1 aliphatic rings. The average Bonchev–Trinajstić information content (AvgIpc) is 2.44. The molecular weight excluding hydrogens is 192 g/mol. The summed E-state index contributed by atoms with van der Waals surface area (Å²) in [6.45, 7) is 5.13. The Morgan fingerprint density at radius 3 is 2.80 bits per heavy atom. The van der Waals surface area contributed by atoms with Crippen LogP contribution in [0.1, 0.15) is 19.0 Å². The van der Waals surface area contributed by atoms with Gasteiger partial charge in [0.25, 0.3) is 0 Å². The van der Waals surface area contributed by atoms with Crippen molar-refractivity contribution >= 4 is 11.8 Å². The number of aliphatic hydroxyl groups is 1. The number of aromatic nitrogens is 2. The Morgan fingerprint density at radius 2 is 2.27 bits per heavy atom. The molecule has 15 heavy (non-hydrogen) atoms. The van der Waals surface area contributed by atoms with Crippen molar-refractivity contribution in [2.45, 2.75) is 25.9 Å². The standard InChI is InChI=1S/C10H16N4O/c1-7-5-8(13-9(11)12-7)14-4-3-10(2,15)6-14/h5,15H,3-4,6H2,1-2H3,(H2,11,12,13). The Labute approximate surface area is 88.9 Å². The summed E-state index contributed by atoms with van der Waals surface area (Å²) in [5.41, 5.74) is 5.82. The van der Waals surface area contributed by atoms with Gasteiger partial charge in [-0.25, -0.2) is 4.98 Å². The fraction of sp³-hybridized carbons (Fsp3) is 0.600. The van der Waals surface area contributed by atoms with Crippen LogP contribution in [-0.2, 0) is 0 Å². The van der Waals surface area contributed by atoms with Gasteiger partial charge in [0, 0.05) is 24.8 Å². The van der Waals surface area contributed by atoms with Crippen molar-refractivity contribution in [3.05, 3.63) is 11.8 Å². The van der Waals surface area contributed by atoms with Crippen molar-refractivity contribution in [3.63, 3.8) is 0 Å². The minimum Gasteiger partial charge on any atom is -0.388 e. The fourth-order valence-corrected chi connectivity index (χ4v) is 1.88. The first-order valence-electron chi connectivity index (χ1n) is 5.05. The van der Waals surface area contributed by atoms with Crippen molar-refractivity contribution < 1.29 is 5.11 Å². The lowest BCUT2D eigenvalue weighted by molar-refractivity contribution is 0.0839. The molecule has 82 valence electrons. The number of nitrogen functional groups attached to an aromatic ring is 1. The Kier molecular flexibility index (Phi) is 2.26. The monoisotopic (exact) mass is 208 g/mol. The van der Waals surface area contributed by atoms with Gasteiger partial charge in [-0.05, 0) is 20.3 Å². The largest absolute Gasteiger partial charge is 0.388 e. The Hall–Kier alpha value is -1.36. The van der Waals surface area contributed by atoms with Gasteiger partial charge >= 0.3 is 0 Å². The van der Waals surface area contributed by atoms with Crippen LogP contribution in [0, 0.1) is 6.92 Å². The summed E-state index contributed by atoms with van der Waals surface area (Å²) in [6.07, 6.45) is 0.760. The molecule has 1 unspecified atom stereocenters. The van der Waals surface area contributed by atoms with Crippen molar-refractivity contribution in [2.24, 2.45) is 0 Å². The van der Waals surface area contributed by atoms with Crippen LogP contribution in [0.15, 0.2) is 6.07 Å². The number of nitrogens with zero attached hydrogens (tertiary/aromatic N) is 3. The quantitative estimate of drug-likeness (QED) is 0.695. The smallest absolute Gasteiger partial charge is 0.222 e. The van der Waals surface area contributed by atoms with Gasteiger partial charge in [-0.2, -0.15) is 4.98 Å². The number of hydrogen-bond acceptors (Lipinski definition) is 5. The molecule has 1 aromatic heterocycles. The molecular formula is C10H16N4O. The average molecular weight is 208 g/mol. The third kappa shape index (κ3) is 2.18. The van der Waals surface area contributed by atoms with E-state index in [2.05, 4.69) is 9.97 Å². The number of hydrogen-bond donors (Lipinski definition) is 2. The second-order valence-corrected chi connectivity index (χ2v) is 4.39. The first kappa shape index (κ1) is 10.2. The van der Waals surface area contributed by atoms with Crippen LogP contribution in [0.2, 0.25) is 0 Å². The SMILES string of the molecule is Cc1cc(N2CCC(C)(O)C2)nc(N)n1. The second kappa shape index (κ2) is 3.34. The Balaban J connectivity index is 2.24. The number of anilines is 2. The molecule has 2 heterocycles. The van der Waals surface area contributed by atoms with E-state index in [0.717, 1.165) is 24.5 Å². The van der Waals surface area contributed by atoms with Gasteiger partial charge in [-0.3, -0.25) is 0 Å². The van der Waals surface area contributed by atoms with Crippen LogP contribution in [0.3, 0.4) is 0 Å². The fourth-order valence-electron chi connectivity index (χ4n) is 1.88. The molecule has 1 aromatic rings. The summed E-state index contributed by atoms with van der Waals surface area (Å²) in [4.78, 5) is 10.2. The molecule has 1 atom stereocenters. The second-order valence-electron chi connectivity index (χ2n) is 4.39. The highest BCUT2D eigenvalue weighted by Crippen LogP contribution is 2.25. The van der Waals surface area contributed by atoms with E-state index in [0.29, 0.717) is 6.54 Å². The number of aryl methyl sites for hydroxylation is 1.